The lowest BCUT2D eigenvalue weighted by atomic mass is 9.85. The van der Waals surface area contributed by atoms with Crippen LogP contribution in [-0.2, 0) is 19.9 Å². The molecule has 1 saturated carbocycles. The first-order valence-corrected chi connectivity index (χ1v) is 8.68. The number of esters is 1. The molecule has 0 radical (unpaired) electrons. The van der Waals surface area contributed by atoms with E-state index in [0.717, 1.165) is 44.1 Å². The van der Waals surface area contributed by atoms with E-state index in [9.17, 15) is 4.79 Å². The predicted molar refractivity (Wildman–Crippen MR) is 85.5 cm³/mol. The highest BCUT2D eigenvalue weighted by Crippen LogP contribution is 2.64. The largest absolute Gasteiger partial charge is 0.463 e. The molecule has 0 amide bonds. The minimum absolute atomic E-state index is 0.183. The molecule has 3 heteroatoms. The molecular weight excluding hydrogens is 276 g/mol. The molecule has 22 heavy (non-hydrogen) atoms. The van der Waals surface area contributed by atoms with Crippen molar-refractivity contribution in [1.82, 2.24) is 0 Å². The summed E-state index contributed by atoms with van der Waals surface area (Å²) < 4.78 is 11.7. The van der Waals surface area contributed by atoms with Gasteiger partial charge in [-0.3, -0.25) is 0 Å². The van der Waals surface area contributed by atoms with Gasteiger partial charge in [-0.05, 0) is 24.8 Å². The Hall–Kier alpha value is -1.35. The number of rotatable bonds is 7. The van der Waals surface area contributed by atoms with E-state index in [1.165, 1.54) is 12.8 Å². The third-order valence-corrected chi connectivity index (χ3v) is 5.06. The molecule has 0 N–H and O–H groups in total. The Labute approximate surface area is 133 Å². The topological polar surface area (TPSA) is 38.8 Å². The molecule has 1 saturated heterocycles. The van der Waals surface area contributed by atoms with Crippen LogP contribution in [0.3, 0.4) is 0 Å². The number of hydrogen-bond donors (Lipinski definition) is 0. The van der Waals surface area contributed by atoms with Crippen LogP contribution in [0.25, 0.3) is 0 Å². The fourth-order valence-corrected chi connectivity index (χ4v) is 3.80. The van der Waals surface area contributed by atoms with Gasteiger partial charge < -0.3 is 9.47 Å². The summed E-state index contributed by atoms with van der Waals surface area (Å²) >= 11 is 0. The van der Waals surface area contributed by atoms with Crippen molar-refractivity contribution < 1.29 is 14.3 Å². The van der Waals surface area contributed by atoms with Crippen LogP contribution in [0.1, 0.15) is 63.9 Å². The Kier molecular flexibility index (Phi) is 4.53. The second-order valence-corrected chi connectivity index (χ2v) is 6.55. The van der Waals surface area contributed by atoms with E-state index >= 15 is 0 Å². The Morgan fingerprint density at radius 2 is 1.86 bits per heavy atom. The first-order chi connectivity index (χ1) is 10.8. The van der Waals surface area contributed by atoms with E-state index in [1.54, 1.807) is 0 Å². The van der Waals surface area contributed by atoms with Crippen molar-refractivity contribution in [2.45, 2.75) is 69.5 Å². The van der Waals surface area contributed by atoms with Crippen LogP contribution >= 0.6 is 0 Å². The van der Waals surface area contributed by atoms with Crippen LogP contribution in [0.15, 0.2) is 30.3 Å². The lowest BCUT2D eigenvalue weighted by Gasteiger charge is -2.16. The van der Waals surface area contributed by atoms with Crippen molar-refractivity contribution in [3.8, 4) is 0 Å². The Morgan fingerprint density at radius 3 is 2.55 bits per heavy atom. The number of carbonyl (C=O) groups excluding carboxylic acids is 1. The molecule has 1 aliphatic carbocycles. The van der Waals surface area contributed by atoms with Crippen molar-refractivity contribution in [3.63, 3.8) is 0 Å². The standard InChI is InChI=1S/C19H26O3/c1-2-3-4-10-15-21-17(20)19(16-11-6-5-7-12-16)18(22-19)13-8-9-14-18/h5-7,11-12H,2-4,8-10,13-15H2,1H3. The van der Waals surface area contributed by atoms with Gasteiger partial charge in [0.05, 0.1) is 6.61 Å². The molecule has 0 aromatic heterocycles. The summed E-state index contributed by atoms with van der Waals surface area (Å²) in [6.07, 6.45) is 8.65. The van der Waals surface area contributed by atoms with Gasteiger partial charge in [0, 0.05) is 0 Å². The van der Waals surface area contributed by atoms with Crippen LogP contribution in [0.2, 0.25) is 0 Å². The summed E-state index contributed by atoms with van der Waals surface area (Å²) in [5.41, 5.74) is -0.180. The second-order valence-electron chi connectivity index (χ2n) is 6.55. The zero-order chi connectivity index (χ0) is 15.5. The summed E-state index contributed by atoms with van der Waals surface area (Å²) in [4.78, 5) is 12.8. The fraction of sp³-hybridized carbons (Fsp3) is 0.632. The number of unbranched alkanes of at least 4 members (excludes halogenated alkanes) is 3. The van der Waals surface area contributed by atoms with Crippen molar-refractivity contribution in [2.24, 2.45) is 0 Å². The first kappa shape index (κ1) is 15.5. The molecule has 1 aromatic rings. The SMILES string of the molecule is CCCCCCOC(=O)C1(c2ccccc2)OC12CCCC2. The van der Waals surface area contributed by atoms with E-state index in [-0.39, 0.29) is 11.6 Å². The van der Waals surface area contributed by atoms with E-state index in [4.69, 9.17) is 9.47 Å². The summed E-state index contributed by atoms with van der Waals surface area (Å²) in [6, 6.07) is 9.89. The second kappa shape index (κ2) is 6.41. The molecule has 2 aliphatic rings. The zero-order valence-electron chi connectivity index (χ0n) is 13.5. The molecule has 3 rings (SSSR count). The summed E-state index contributed by atoms with van der Waals surface area (Å²) in [5, 5.41) is 0. The maximum Gasteiger partial charge on any atom is 0.346 e. The van der Waals surface area contributed by atoms with E-state index in [0.29, 0.717) is 6.61 Å². The molecule has 120 valence electrons. The molecule has 1 atom stereocenters. The Balaban J connectivity index is 1.70. The van der Waals surface area contributed by atoms with Crippen LogP contribution in [0.5, 0.6) is 0 Å². The third kappa shape index (κ3) is 2.56. The van der Waals surface area contributed by atoms with Gasteiger partial charge in [-0.1, -0.05) is 69.4 Å². The molecule has 3 nitrogen and oxygen atoms in total. The smallest absolute Gasteiger partial charge is 0.346 e. The lowest BCUT2D eigenvalue weighted by molar-refractivity contribution is -0.150. The first-order valence-electron chi connectivity index (χ1n) is 8.68. The van der Waals surface area contributed by atoms with Crippen molar-refractivity contribution in [2.75, 3.05) is 6.61 Å². The number of benzene rings is 1. The molecule has 2 fully saturated rings. The van der Waals surface area contributed by atoms with Gasteiger partial charge in [0.2, 0.25) is 5.60 Å². The Bertz CT molecular complexity index is 505. The van der Waals surface area contributed by atoms with Crippen molar-refractivity contribution >= 4 is 5.97 Å². The number of hydrogen-bond acceptors (Lipinski definition) is 3. The maximum absolute atomic E-state index is 12.8. The minimum Gasteiger partial charge on any atom is -0.463 e. The monoisotopic (exact) mass is 302 g/mol. The van der Waals surface area contributed by atoms with Gasteiger partial charge in [-0.2, -0.15) is 0 Å². The molecule has 1 aliphatic heterocycles. The molecular formula is C19H26O3. The molecule has 0 bridgehead atoms. The van der Waals surface area contributed by atoms with Crippen molar-refractivity contribution in [3.05, 3.63) is 35.9 Å². The number of carbonyl (C=O) groups is 1. The average molecular weight is 302 g/mol. The van der Waals surface area contributed by atoms with Crippen LogP contribution in [-0.4, -0.2) is 18.2 Å². The lowest BCUT2D eigenvalue weighted by Crippen LogP contribution is -2.32. The summed E-state index contributed by atoms with van der Waals surface area (Å²) in [6.45, 7) is 2.69. The zero-order valence-corrected chi connectivity index (χ0v) is 13.5. The summed E-state index contributed by atoms with van der Waals surface area (Å²) in [5.74, 6) is -0.183. The molecule has 1 heterocycles. The van der Waals surface area contributed by atoms with E-state index < -0.39 is 5.60 Å². The number of ether oxygens (including phenoxy) is 2. The van der Waals surface area contributed by atoms with Crippen LogP contribution in [0, 0.1) is 0 Å². The number of epoxide rings is 1. The van der Waals surface area contributed by atoms with E-state index in [1.807, 2.05) is 30.3 Å². The average Bonchev–Trinajstić information content (AvgIpc) is 2.96. The van der Waals surface area contributed by atoms with Gasteiger partial charge in [0.25, 0.3) is 0 Å². The minimum atomic E-state index is -0.838. The van der Waals surface area contributed by atoms with Crippen LogP contribution < -0.4 is 0 Å². The molecule has 1 unspecified atom stereocenters. The maximum atomic E-state index is 12.8. The van der Waals surface area contributed by atoms with Gasteiger partial charge in [-0.25, -0.2) is 4.79 Å². The third-order valence-electron chi connectivity index (χ3n) is 5.06. The summed E-state index contributed by atoms with van der Waals surface area (Å²) in [7, 11) is 0. The highest BCUT2D eigenvalue weighted by atomic mass is 16.7. The van der Waals surface area contributed by atoms with Gasteiger partial charge in [0.15, 0.2) is 0 Å². The van der Waals surface area contributed by atoms with E-state index in [2.05, 4.69) is 6.92 Å². The normalized spacial score (nSPS) is 25.3. The molecule has 1 aromatic carbocycles. The van der Waals surface area contributed by atoms with Gasteiger partial charge >= 0.3 is 5.97 Å². The van der Waals surface area contributed by atoms with Gasteiger partial charge in [-0.15, -0.1) is 0 Å². The predicted octanol–water partition coefficient (Wildman–Crippen LogP) is 4.35. The Morgan fingerprint density at radius 1 is 1.14 bits per heavy atom. The quantitative estimate of drug-likeness (QED) is 0.427. The van der Waals surface area contributed by atoms with Gasteiger partial charge in [0.1, 0.15) is 5.60 Å². The highest BCUT2D eigenvalue weighted by Gasteiger charge is 2.76. The fourth-order valence-electron chi connectivity index (χ4n) is 3.80. The molecule has 1 spiro atoms. The van der Waals surface area contributed by atoms with Crippen LogP contribution in [0.4, 0.5) is 0 Å². The van der Waals surface area contributed by atoms with Crippen molar-refractivity contribution in [1.29, 1.82) is 0 Å². The highest BCUT2D eigenvalue weighted by molar-refractivity contribution is 5.86.